The summed E-state index contributed by atoms with van der Waals surface area (Å²) in [5.41, 5.74) is 3.55. The fraction of sp³-hybridized carbons (Fsp3) is 0.435. The van der Waals surface area contributed by atoms with Crippen molar-refractivity contribution in [1.29, 1.82) is 0 Å². The average Bonchev–Trinajstić information content (AvgIpc) is 3.32. The van der Waals surface area contributed by atoms with E-state index in [0.29, 0.717) is 12.6 Å². The molecule has 4 rings (SSSR count). The van der Waals surface area contributed by atoms with Gasteiger partial charge in [0.05, 0.1) is 26.8 Å². The molecule has 1 fully saturated rings. The second-order valence-electron chi connectivity index (χ2n) is 7.66. The first-order chi connectivity index (χ1) is 13.6. The van der Waals surface area contributed by atoms with Crippen LogP contribution in [0.1, 0.15) is 36.9 Å². The Labute approximate surface area is 166 Å². The first-order valence-corrected chi connectivity index (χ1v) is 9.98. The quantitative estimate of drug-likeness (QED) is 0.791. The van der Waals surface area contributed by atoms with Gasteiger partial charge in [-0.05, 0) is 56.0 Å². The highest BCUT2D eigenvalue weighted by atomic mass is 16.5. The van der Waals surface area contributed by atoms with Crippen molar-refractivity contribution < 1.29 is 14.3 Å². The number of fused-ring (bicyclic) bond motifs is 1. The van der Waals surface area contributed by atoms with Gasteiger partial charge in [-0.2, -0.15) is 0 Å². The number of anilines is 1. The predicted molar refractivity (Wildman–Crippen MR) is 110 cm³/mol. The number of likely N-dealkylation sites (tertiary alicyclic amines) is 1. The third-order valence-electron chi connectivity index (χ3n) is 6.02. The van der Waals surface area contributed by atoms with E-state index in [1.165, 1.54) is 11.3 Å². The van der Waals surface area contributed by atoms with Crippen LogP contribution >= 0.6 is 0 Å². The van der Waals surface area contributed by atoms with Gasteiger partial charge in [-0.3, -0.25) is 4.79 Å². The lowest BCUT2D eigenvalue weighted by Crippen LogP contribution is -2.42. The molecular weight excluding hydrogens is 352 g/mol. The number of methoxy groups -OCH3 is 2. The van der Waals surface area contributed by atoms with Gasteiger partial charge in [-0.1, -0.05) is 18.2 Å². The van der Waals surface area contributed by atoms with E-state index in [9.17, 15) is 4.79 Å². The zero-order valence-electron chi connectivity index (χ0n) is 16.9. The van der Waals surface area contributed by atoms with Gasteiger partial charge in [0.2, 0.25) is 5.91 Å². The normalized spacial score (nSPS) is 21.0. The minimum atomic E-state index is 0.0331. The third-order valence-corrected chi connectivity index (χ3v) is 6.02. The number of nitrogens with zero attached hydrogens (tertiary/aromatic N) is 2. The Morgan fingerprint density at radius 1 is 1.14 bits per heavy atom. The molecule has 0 aliphatic carbocycles. The summed E-state index contributed by atoms with van der Waals surface area (Å²) in [5, 5.41) is 0. The predicted octanol–water partition coefficient (Wildman–Crippen LogP) is 3.82. The summed E-state index contributed by atoms with van der Waals surface area (Å²) in [6, 6.07) is 14.6. The number of amides is 1. The Balaban J connectivity index is 1.57. The summed E-state index contributed by atoms with van der Waals surface area (Å²) in [5.74, 6) is 1.78. The molecule has 0 spiro atoms. The van der Waals surface area contributed by atoms with Crippen molar-refractivity contribution >= 4 is 11.6 Å². The molecule has 0 bridgehead atoms. The number of carbonyl (C=O) groups is 1. The number of carbonyl (C=O) groups excluding carboxylic acids is 1. The van der Waals surface area contributed by atoms with E-state index in [2.05, 4.69) is 30.0 Å². The van der Waals surface area contributed by atoms with Gasteiger partial charge in [0.15, 0.2) is 0 Å². The maximum atomic E-state index is 13.3. The average molecular weight is 380 g/mol. The van der Waals surface area contributed by atoms with E-state index < -0.39 is 0 Å². The van der Waals surface area contributed by atoms with Crippen LogP contribution in [0.3, 0.4) is 0 Å². The molecule has 0 aromatic heterocycles. The first-order valence-electron chi connectivity index (χ1n) is 9.98. The number of para-hydroxylation sites is 1. The maximum absolute atomic E-state index is 13.3. The largest absolute Gasteiger partial charge is 0.497 e. The Hall–Kier alpha value is -2.69. The number of hydrogen-bond acceptors (Lipinski definition) is 4. The molecular formula is C23H28N2O3. The van der Waals surface area contributed by atoms with Crippen LogP contribution in [0.2, 0.25) is 0 Å². The summed E-state index contributed by atoms with van der Waals surface area (Å²) in [7, 11) is 3.34. The molecule has 2 aromatic carbocycles. The third kappa shape index (κ3) is 3.30. The van der Waals surface area contributed by atoms with Crippen molar-refractivity contribution in [2.45, 2.75) is 38.3 Å². The molecule has 2 heterocycles. The summed E-state index contributed by atoms with van der Waals surface area (Å²) in [6.45, 7) is 3.40. The van der Waals surface area contributed by atoms with Crippen molar-refractivity contribution in [3.63, 3.8) is 0 Å². The molecule has 0 saturated carbocycles. The zero-order valence-corrected chi connectivity index (χ0v) is 16.9. The molecule has 2 aliphatic rings. The summed E-state index contributed by atoms with van der Waals surface area (Å²) in [4.78, 5) is 17.6. The molecule has 1 saturated heterocycles. The molecule has 0 unspecified atom stereocenters. The van der Waals surface area contributed by atoms with Crippen molar-refractivity contribution in [1.82, 2.24) is 4.90 Å². The van der Waals surface area contributed by atoms with Gasteiger partial charge in [0.25, 0.3) is 0 Å². The van der Waals surface area contributed by atoms with E-state index in [4.69, 9.17) is 9.47 Å². The summed E-state index contributed by atoms with van der Waals surface area (Å²) in [6.07, 6.45) is 2.95. The minimum absolute atomic E-state index is 0.0331. The smallest absolute Gasteiger partial charge is 0.242 e. The van der Waals surface area contributed by atoms with Crippen LogP contribution in [-0.2, 0) is 11.2 Å². The minimum Gasteiger partial charge on any atom is -0.497 e. The molecule has 5 heteroatoms. The SMILES string of the molecule is COc1ccc(OC)c([C@H]2CCCN2C(=O)CN2c3ccccc3C[C@H]2C)c1. The Bertz CT molecular complexity index is 867. The highest BCUT2D eigenvalue weighted by molar-refractivity contribution is 5.83. The topological polar surface area (TPSA) is 42.0 Å². The molecule has 2 aromatic rings. The van der Waals surface area contributed by atoms with Crippen molar-refractivity contribution in [3.05, 3.63) is 53.6 Å². The van der Waals surface area contributed by atoms with Gasteiger partial charge in [0.1, 0.15) is 11.5 Å². The first kappa shape index (κ1) is 18.7. The van der Waals surface area contributed by atoms with Crippen LogP contribution in [0.15, 0.2) is 42.5 Å². The van der Waals surface area contributed by atoms with E-state index >= 15 is 0 Å². The molecule has 5 nitrogen and oxygen atoms in total. The molecule has 2 atom stereocenters. The summed E-state index contributed by atoms with van der Waals surface area (Å²) < 4.78 is 11.0. The monoisotopic (exact) mass is 380 g/mol. The molecule has 0 radical (unpaired) electrons. The highest BCUT2D eigenvalue weighted by Crippen LogP contribution is 2.39. The van der Waals surface area contributed by atoms with Gasteiger partial charge in [0, 0.05) is 23.8 Å². The van der Waals surface area contributed by atoms with Gasteiger partial charge >= 0.3 is 0 Å². The number of ether oxygens (including phenoxy) is 2. The number of rotatable bonds is 5. The van der Waals surface area contributed by atoms with Crippen molar-refractivity contribution in [2.75, 3.05) is 32.2 Å². The molecule has 1 amide bonds. The van der Waals surface area contributed by atoms with Crippen LogP contribution in [0.25, 0.3) is 0 Å². The van der Waals surface area contributed by atoms with Crippen molar-refractivity contribution in [3.8, 4) is 11.5 Å². The van der Waals surface area contributed by atoms with Gasteiger partial charge in [-0.15, -0.1) is 0 Å². The maximum Gasteiger partial charge on any atom is 0.242 e. The number of hydrogen-bond donors (Lipinski definition) is 0. The lowest BCUT2D eigenvalue weighted by Gasteiger charge is -2.31. The van der Waals surface area contributed by atoms with Crippen LogP contribution in [0.5, 0.6) is 11.5 Å². The van der Waals surface area contributed by atoms with E-state index in [-0.39, 0.29) is 11.9 Å². The molecule has 0 N–H and O–H groups in total. The van der Waals surface area contributed by atoms with Crippen LogP contribution in [-0.4, -0.2) is 44.2 Å². The standard InChI is InChI=1S/C23H28N2O3/c1-16-13-17-7-4-5-8-20(17)25(16)15-23(26)24-12-6-9-21(24)19-14-18(27-2)10-11-22(19)28-3/h4-5,7-8,10-11,14,16,21H,6,9,12-13,15H2,1-3H3/t16-,21-/m1/s1. The Morgan fingerprint density at radius 3 is 2.75 bits per heavy atom. The number of benzene rings is 2. The van der Waals surface area contributed by atoms with Gasteiger partial charge in [-0.25, -0.2) is 0 Å². The van der Waals surface area contributed by atoms with Crippen LogP contribution in [0, 0.1) is 0 Å². The van der Waals surface area contributed by atoms with Gasteiger partial charge < -0.3 is 19.3 Å². The fourth-order valence-electron chi connectivity index (χ4n) is 4.60. The van der Waals surface area contributed by atoms with Crippen molar-refractivity contribution in [2.24, 2.45) is 0 Å². The lowest BCUT2D eigenvalue weighted by atomic mass is 10.0. The highest BCUT2D eigenvalue weighted by Gasteiger charge is 2.35. The molecule has 2 aliphatic heterocycles. The van der Waals surface area contributed by atoms with E-state index in [1.807, 2.05) is 29.2 Å². The van der Waals surface area contributed by atoms with E-state index in [1.54, 1.807) is 14.2 Å². The lowest BCUT2D eigenvalue weighted by molar-refractivity contribution is -0.130. The Kier molecular flexibility index (Phi) is 5.16. The molecule has 148 valence electrons. The zero-order chi connectivity index (χ0) is 19.7. The van der Waals surface area contributed by atoms with Crippen LogP contribution in [0.4, 0.5) is 5.69 Å². The fourth-order valence-corrected chi connectivity index (χ4v) is 4.60. The van der Waals surface area contributed by atoms with E-state index in [0.717, 1.165) is 42.9 Å². The second-order valence-corrected chi connectivity index (χ2v) is 7.66. The second kappa shape index (κ2) is 7.74. The Morgan fingerprint density at radius 2 is 1.96 bits per heavy atom. The molecule has 28 heavy (non-hydrogen) atoms. The van der Waals surface area contributed by atoms with Crippen LogP contribution < -0.4 is 14.4 Å². The summed E-state index contributed by atoms with van der Waals surface area (Å²) >= 11 is 0.